The van der Waals surface area contributed by atoms with Gasteiger partial charge in [0.1, 0.15) is 0 Å². The minimum atomic E-state index is -3.72. The van der Waals surface area contributed by atoms with Crippen LogP contribution in [0.1, 0.15) is 29.8 Å². The molecule has 2 heterocycles. The maximum atomic E-state index is 12.3. The number of carboxylic acids is 1. The molecule has 1 amide bonds. The van der Waals surface area contributed by atoms with E-state index in [2.05, 4.69) is 4.72 Å². The Kier molecular flexibility index (Phi) is 4.87. The lowest BCUT2D eigenvalue weighted by atomic mass is 9.93. The highest BCUT2D eigenvalue weighted by Gasteiger charge is 2.27. The van der Waals surface area contributed by atoms with Crippen LogP contribution in [-0.4, -0.2) is 50.4 Å². The molecule has 22 heavy (non-hydrogen) atoms. The largest absolute Gasteiger partial charge is 0.481 e. The van der Waals surface area contributed by atoms with E-state index < -0.39 is 16.0 Å². The van der Waals surface area contributed by atoms with Crippen LogP contribution in [-0.2, 0) is 14.8 Å². The Hall–Kier alpha value is -1.87. The Morgan fingerprint density at radius 1 is 1.36 bits per heavy atom. The van der Waals surface area contributed by atoms with Crippen molar-refractivity contribution in [3.8, 4) is 0 Å². The van der Waals surface area contributed by atoms with Gasteiger partial charge in [-0.2, -0.15) is 0 Å². The summed E-state index contributed by atoms with van der Waals surface area (Å²) in [7, 11) is -2.46. The molecule has 1 aromatic rings. The molecule has 0 bridgehead atoms. The molecule has 0 spiro atoms. The third-order valence-electron chi connectivity index (χ3n) is 3.69. The zero-order chi connectivity index (χ0) is 16.3. The maximum Gasteiger partial charge on any atom is 0.303 e. The Balaban J connectivity index is 2.00. The number of carbonyl (C=O) groups is 2. The molecule has 0 unspecified atom stereocenters. The molecule has 1 aromatic heterocycles. The summed E-state index contributed by atoms with van der Waals surface area (Å²) in [4.78, 5) is 24.5. The van der Waals surface area contributed by atoms with Gasteiger partial charge in [-0.15, -0.1) is 0 Å². The van der Waals surface area contributed by atoms with Crippen molar-refractivity contribution < 1.29 is 27.5 Å². The minimum absolute atomic E-state index is 0.0366. The Morgan fingerprint density at radius 3 is 2.55 bits per heavy atom. The van der Waals surface area contributed by atoms with Crippen LogP contribution in [0.3, 0.4) is 0 Å². The van der Waals surface area contributed by atoms with E-state index in [1.807, 2.05) is 0 Å². The van der Waals surface area contributed by atoms with E-state index in [0.717, 1.165) is 0 Å². The highest BCUT2D eigenvalue weighted by Crippen LogP contribution is 2.23. The number of rotatable bonds is 5. The first-order chi connectivity index (χ1) is 10.3. The van der Waals surface area contributed by atoms with Gasteiger partial charge in [-0.1, -0.05) is 0 Å². The molecule has 8 nitrogen and oxygen atoms in total. The fraction of sp³-hybridized carbons (Fsp3) is 0.538. The first kappa shape index (κ1) is 16.5. The summed E-state index contributed by atoms with van der Waals surface area (Å²) in [5, 5.41) is 8.46. The van der Waals surface area contributed by atoms with Crippen LogP contribution in [0.4, 0.5) is 0 Å². The van der Waals surface area contributed by atoms with Crippen LogP contribution < -0.4 is 4.72 Å². The van der Waals surface area contributed by atoms with E-state index in [1.165, 1.54) is 19.2 Å². The van der Waals surface area contributed by atoms with Crippen LogP contribution in [0.2, 0.25) is 0 Å². The van der Waals surface area contributed by atoms with E-state index in [-0.39, 0.29) is 29.1 Å². The molecule has 122 valence electrons. The zero-order valence-electron chi connectivity index (χ0n) is 12.1. The molecule has 2 rings (SSSR count). The zero-order valence-corrected chi connectivity index (χ0v) is 12.9. The molecule has 1 aliphatic heterocycles. The number of hydrogen-bond acceptors (Lipinski definition) is 5. The van der Waals surface area contributed by atoms with Gasteiger partial charge in [-0.25, -0.2) is 13.1 Å². The van der Waals surface area contributed by atoms with Crippen LogP contribution in [0.5, 0.6) is 0 Å². The Bertz CT molecular complexity index is 658. The SMILES string of the molecule is CNS(=O)(=O)c1ccc(C(=O)N2CCC(CC(=O)O)CC2)o1. The predicted molar refractivity (Wildman–Crippen MR) is 75.8 cm³/mol. The van der Waals surface area contributed by atoms with E-state index in [4.69, 9.17) is 9.52 Å². The van der Waals surface area contributed by atoms with E-state index in [0.29, 0.717) is 25.9 Å². The topological polar surface area (TPSA) is 117 Å². The molecule has 0 aromatic carbocycles. The van der Waals surface area contributed by atoms with Gasteiger partial charge in [-0.05, 0) is 37.9 Å². The number of aliphatic carboxylic acids is 1. The van der Waals surface area contributed by atoms with Crippen molar-refractivity contribution in [2.75, 3.05) is 20.1 Å². The number of nitrogens with one attached hydrogen (secondary N) is 1. The second kappa shape index (κ2) is 6.49. The first-order valence-electron chi connectivity index (χ1n) is 6.88. The third-order valence-corrected chi connectivity index (χ3v) is 4.98. The van der Waals surface area contributed by atoms with Crippen molar-refractivity contribution >= 4 is 21.9 Å². The van der Waals surface area contributed by atoms with Gasteiger partial charge in [0.05, 0.1) is 0 Å². The first-order valence-corrected chi connectivity index (χ1v) is 8.36. The Morgan fingerprint density at radius 2 is 2.00 bits per heavy atom. The minimum Gasteiger partial charge on any atom is -0.481 e. The molecule has 2 N–H and O–H groups in total. The van der Waals surface area contributed by atoms with Crippen LogP contribution in [0.15, 0.2) is 21.6 Å². The lowest BCUT2D eigenvalue weighted by molar-refractivity contribution is -0.138. The maximum absolute atomic E-state index is 12.3. The lowest BCUT2D eigenvalue weighted by Crippen LogP contribution is -2.38. The van der Waals surface area contributed by atoms with Gasteiger partial charge in [0.2, 0.25) is 5.09 Å². The Labute approximate surface area is 128 Å². The standard InChI is InChI=1S/C13H18N2O6S/c1-14-22(19,20)12-3-2-10(21-12)13(18)15-6-4-9(5-7-15)8-11(16)17/h2-3,9,14H,4-8H2,1H3,(H,16,17). The second-order valence-electron chi connectivity index (χ2n) is 5.16. The molecule has 1 saturated heterocycles. The van der Waals surface area contributed by atoms with E-state index >= 15 is 0 Å². The lowest BCUT2D eigenvalue weighted by Gasteiger charge is -2.30. The van der Waals surface area contributed by atoms with Gasteiger partial charge in [-0.3, -0.25) is 9.59 Å². The van der Waals surface area contributed by atoms with Crippen LogP contribution in [0.25, 0.3) is 0 Å². The van der Waals surface area contributed by atoms with Crippen molar-refractivity contribution in [2.45, 2.75) is 24.4 Å². The van der Waals surface area contributed by atoms with E-state index in [1.54, 1.807) is 4.90 Å². The van der Waals surface area contributed by atoms with Crippen molar-refractivity contribution in [1.29, 1.82) is 0 Å². The van der Waals surface area contributed by atoms with Crippen molar-refractivity contribution in [3.05, 3.63) is 17.9 Å². The second-order valence-corrected chi connectivity index (χ2v) is 6.98. The van der Waals surface area contributed by atoms with Gasteiger partial charge < -0.3 is 14.4 Å². The van der Waals surface area contributed by atoms with Gasteiger partial charge in [0.25, 0.3) is 15.9 Å². The quantitative estimate of drug-likeness (QED) is 0.812. The monoisotopic (exact) mass is 330 g/mol. The van der Waals surface area contributed by atoms with Gasteiger partial charge in [0, 0.05) is 19.5 Å². The molecule has 0 aliphatic carbocycles. The number of carbonyl (C=O) groups excluding carboxylic acids is 1. The number of hydrogen-bond donors (Lipinski definition) is 2. The number of sulfonamides is 1. The van der Waals surface area contributed by atoms with Crippen LogP contribution >= 0.6 is 0 Å². The summed E-state index contributed by atoms with van der Waals surface area (Å²) in [6.45, 7) is 0.872. The highest BCUT2D eigenvalue weighted by molar-refractivity contribution is 7.89. The summed E-state index contributed by atoms with van der Waals surface area (Å²) in [6.07, 6.45) is 1.33. The molecular formula is C13H18N2O6S. The molecule has 1 aliphatic rings. The van der Waals surface area contributed by atoms with Crippen molar-refractivity contribution in [3.63, 3.8) is 0 Å². The normalized spacial score (nSPS) is 16.7. The molecule has 9 heteroatoms. The van der Waals surface area contributed by atoms with Crippen molar-refractivity contribution in [1.82, 2.24) is 9.62 Å². The summed E-state index contributed by atoms with van der Waals surface area (Å²) in [5.74, 6) is -1.19. The van der Waals surface area contributed by atoms with Gasteiger partial charge in [0.15, 0.2) is 5.76 Å². The number of amides is 1. The van der Waals surface area contributed by atoms with Crippen molar-refractivity contribution in [2.24, 2.45) is 5.92 Å². The number of piperidine rings is 1. The van der Waals surface area contributed by atoms with Crippen LogP contribution in [0, 0.1) is 5.92 Å². The number of nitrogens with zero attached hydrogens (tertiary/aromatic N) is 1. The smallest absolute Gasteiger partial charge is 0.303 e. The summed E-state index contributed by atoms with van der Waals surface area (Å²) in [5.41, 5.74) is 0. The average molecular weight is 330 g/mol. The molecular weight excluding hydrogens is 312 g/mol. The molecule has 0 radical (unpaired) electrons. The van der Waals surface area contributed by atoms with E-state index in [9.17, 15) is 18.0 Å². The molecule has 0 saturated carbocycles. The highest BCUT2D eigenvalue weighted by atomic mass is 32.2. The fourth-order valence-corrected chi connectivity index (χ4v) is 3.07. The number of furan rings is 1. The summed E-state index contributed by atoms with van der Waals surface area (Å²) >= 11 is 0. The summed E-state index contributed by atoms with van der Waals surface area (Å²) in [6, 6.07) is 2.56. The van der Waals surface area contributed by atoms with Gasteiger partial charge >= 0.3 is 5.97 Å². The predicted octanol–water partition coefficient (Wildman–Crippen LogP) is 0.515. The number of carboxylic acid groups (broad SMARTS) is 1. The summed E-state index contributed by atoms with van der Waals surface area (Å²) < 4.78 is 30.4. The number of likely N-dealkylation sites (tertiary alicyclic amines) is 1. The third kappa shape index (κ3) is 3.66. The fourth-order valence-electron chi connectivity index (χ4n) is 2.42. The molecule has 1 fully saturated rings. The molecule has 0 atom stereocenters. The average Bonchev–Trinajstić information content (AvgIpc) is 2.97.